The maximum Gasteiger partial charge on any atom is 0.311 e. The van der Waals surface area contributed by atoms with E-state index in [1.165, 1.54) is 16.2 Å². The van der Waals surface area contributed by atoms with Crippen molar-refractivity contribution in [2.75, 3.05) is 13.2 Å². The van der Waals surface area contributed by atoms with E-state index in [2.05, 4.69) is 5.32 Å². The molecule has 0 aromatic carbocycles. The van der Waals surface area contributed by atoms with Gasteiger partial charge in [0.05, 0.1) is 28.8 Å². The van der Waals surface area contributed by atoms with Crippen LogP contribution in [0.15, 0.2) is 17.5 Å². The van der Waals surface area contributed by atoms with Gasteiger partial charge in [-0.05, 0) is 94.5 Å². The minimum atomic E-state index is -1.29. The second kappa shape index (κ2) is 14.0. The van der Waals surface area contributed by atoms with Crippen LogP contribution in [0.5, 0.6) is 0 Å². The largest absolute Gasteiger partial charge is 0.465 e. The molecule has 0 unspecified atom stereocenters. The van der Waals surface area contributed by atoms with Gasteiger partial charge in [-0.15, -0.1) is 11.3 Å². The summed E-state index contributed by atoms with van der Waals surface area (Å²) in [5.41, 5.74) is -3.30. The van der Waals surface area contributed by atoms with Gasteiger partial charge in [-0.1, -0.05) is 6.07 Å². The summed E-state index contributed by atoms with van der Waals surface area (Å²) in [7, 11) is 0. The van der Waals surface area contributed by atoms with Crippen LogP contribution in [0, 0.1) is 22.2 Å². The van der Waals surface area contributed by atoms with Crippen LogP contribution in [0.25, 0.3) is 0 Å². The number of thiophene rings is 1. The van der Waals surface area contributed by atoms with Crippen molar-refractivity contribution in [1.29, 1.82) is 0 Å². The highest BCUT2D eigenvalue weighted by atomic mass is 32.1. The monoisotopic (exact) mass is 638 g/mol. The van der Waals surface area contributed by atoms with Crippen LogP contribution in [-0.4, -0.2) is 72.3 Å². The fourth-order valence-electron chi connectivity index (χ4n) is 4.13. The van der Waals surface area contributed by atoms with Crippen molar-refractivity contribution in [3.63, 3.8) is 0 Å². The Bertz CT molecular complexity index is 1170. The molecule has 5 atom stereocenters. The SMILES string of the molecule is CC(C)(C)NC(=O)[C@H](c1cccs1)N(C=O)[C@H]1OC[C@@H](OC(=O)C(C)(C)C)[C@@H](COC(=O)C(C)(C)C)[C@@H]1OC(=O)C(C)(C)C. The van der Waals surface area contributed by atoms with Crippen molar-refractivity contribution in [2.24, 2.45) is 22.2 Å². The van der Waals surface area contributed by atoms with Crippen molar-refractivity contribution in [3.8, 4) is 0 Å². The van der Waals surface area contributed by atoms with Crippen LogP contribution in [-0.2, 0) is 42.9 Å². The van der Waals surface area contributed by atoms with Crippen LogP contribution in [0.1, 0.15) is 94.0 Å². The Balaban J connectivity index is 2.68. The van der Waals surface area contributed by atoms with Crippen molar-refractivity contribution in [1.82, 2.24) is 10.2 Å². The lowest BCUT2D eigenvalue weighted by atomic mass is 9.89. The molecule has 12 heteroatoms. The fourth-order valence-corrected chi connectivity index (χ4v) is 4.96. The van der Waals surface area contributed by atoms with Gasteiger partial charge in [-0.25, -0.2) is 0 Å². The number of hydrogen-bond acceptors (Lipinski definition) is 10. The minimum absolute atomic E-state index is 0.212. The van der Waals surface area contributed by atoms with E-state index in [9.17, 15) is 24.0 Å². The average Bonchev–Trinajstić information content (AvgIpc) is 3.38. The summed E-state index contributed by atoms with van der Waals surface area (Å²) in [5.74, 6) is -3.08. The molecule has 1 aromatic rings. The van der Waals surface area contributed by atoms with E-state index in [4.69, 9.17) is 18.9 Å². The third kappa shape index (κ3) is 10.0. The molecule has 0 aliphatic carbocycles. The molecule has 1 fully saturated rings. The van der Waals surface area contributed by atoms with Crippen LogP contribution in [0.3, 0.4) is 0 Å². The van der Waals surface area contributed by atoms with Gasteiger partial charge in [0.1, 0.15) is 18.8 Å². The molecular weight excluding hydrogens is 588 g/mol. The normalized spacial score (nSPS) is 21.9. The molecule has 0 radical (unpaired) electrons. The zero-order chi connectivity index (χ0) is 33.8. The van der Waals surface area contributed by atoms with Gasteiger partial charge in [0.25, 0.3) is 0 Å². The number of amides is 2. The number of esters is 3. The van der Waals surface area contributed by atoms with E-state index in [0.29, 0.717) is 11.3 Å². The fraction of sp³-hybridized carbons (Fsp3) is 0.719. The summed E-state index contributed by atoms with van der Waals surface area (Å²) in [6, 6.07) is 2.35. The summed E-state index contributed by atoms with van der Waals surface area (Å²) >= 11 is 1.28. The first-order chi connectivity index (χ1) is 20.0. The van der Waals surface area contributed by atoms with E-state index in [-0.39, 0.29) is 13.2 Å². The van der Waals surface area contributed by atoms with E-state index in [1.807, 2.05) is 20.8 Å². The molecule has 2 rings (SSSR count). The maximum atomic E-state index is 13.7. The third-order valence-corrected chi connectivity index (χ3v) is 7.56. The molecule has 0 spiro atoms. The molecule has 1 aromatic heterocycles. The van der Waals surface area contributed by atoms with Gasteiger partial charge >= 0.3 is 17.9 Å². The maximum absolute atomic E-state index is 13.7. The zero-order valence-electron chi connectivity index (χ0n) is 28.1. The standard InChI is InChI=1S/C32H50N2O9S/c1-29(2,3)26(37)41-16-19-20(42-27(38)30(4,5)6)17-40-25(23(19)43-28(39)31(7,8)9)34(18-35)22(21-14-13-15-44-21)24(36)33-32(10,11)12/h13-15,18-20,22-23,25H,16-17H2,1-12H3,(H,33,36)/t19-,20-,22+,23+,25+/m1/s1. The van der Waals surface area contributed by atoms with E-state index in [1.54, 1.807) is 79.8 Å². The Morgan fingerprint density at radius 3 is 1.93 bits per heavy atom. The smallest absolute Gasteiger partial charge is 0.311 e. The van der Waals surface area contributed by atoms with Gasteiger partial charge in [-0.3, -0.25) is 28.9 Å². The van der Waals surface area contributed by atoms with Gasteiger partial charge < -0.3 is 24.3 Å². The number of carbonyl (C=O) groups excluding carboxylic acids is 5. The Kier molecular flexibility index (Phi) is 11.8. The van der Waals surface area contributed by atoms with Gasteiger partial charge in [0.15, 0.2) is 12.3 Å². The summed E-state index contributed by atoms with van der Waals surface area (Å²) in [6.07, 6.45) is -3.09. The highest BCUT2D eigenvalue weighted by Crippen LogP contribution is 2.36. The van der Waals surface area contributed by atoms with Crippen molar-refractivity contribution >= 4 is 41.6 Å². The first-order valence-electron chi connectivity index (χ1n) is 14.8. The molecule has 1 saturated heterocycles. The van der Waals surface area contributed by atoms with Gasteiger partial charge in [0.2, 0.25) is 12.3 Å². The highest BCUT2D eigenvalue weighted by Gasteiger charge is 2.51. The van der Waals surface area contributed by atoms with Crippen molar-refractivity contribution < 1.29 is 42.9 Å². The predicted molar refractivity (Wildman–Crippen MR) is 165 cm³/mol. The predicted octanol–water partition coefficient (Wildman–Crippen LogP) is 4.64. The molecule has 0 saturated carbocycles. The molecule has 1 N–H and O–H groups in total. The number of ether oxygens (including phenoxy) is 4. The minimum Gasteiger partial charge on any atom is -0.465 e. The summed E-state index contributed by atoms with van der Waals surface area (Å²) in [6.45, 7) is 20.1. The Hall–Kier alpha value is -2.99. The summed E-state index contributed by atoms with van der Waals surface area (Å²) in [4.78, 5) is 67.6. The molecule has 248 valence electrons. The zero-order valence-corrected chi connectivity index (χ0v) is 29.0. The number of nitrogens with one attached hydrogen (secondary N) is 1. The molecule has 1 aliphatic heterocycles. The summed E-state index contributed by atoms with van der Waals surface area (Å²) < 4.78 is 23.8. The van der Waals surface area contributed by atoms with E-state index in [0.717, 1.165) is 0 Å². The second-order valence-corrected chi connectivity index (χ2v) is 16.2. The van der Waals surface area contributed by atoms with E-state index < -0.39 is 76.0 Å². The van der Waals surface area contributed by atoms with Crippen LogP contribution < -0.4 is 5.32 Å². The molecule has 11 nitrogen and oxygen atoms in total. The number of nitrogens with zero attached hydrogens (tertiary/aromatic N) is 1. The third-order valence-electron chi connectivity index (χ3n) is 6.63. The number of hydrogen-bond donors (Lipinski definition) is 1. The molecule has 44 heavy (non-hydrogen) atoms. The van der Waals surface area contributed by atoms with Crippen LogP contribution in [0.2, 0.25) is 0 Å². The van der Waals surface area contributed by atoms with Crippen LogP contribution in [0.4, 0.5) is 0 Å². The van der Waals surface area contributed by atoms with Crippen molar-refractivity contribution in [3.05, 3.63) is 22.4 Å². The molecule has 2 heterocycles. The topological polar surface area (TPSA) is 138 Å². The molecule has 2 amide bonds. The highest BCUT2D eigenvalue weighted by molar-refractivity contribution is 7.10. The van der Waals surface area contributed by atoms with Crippen LogP contribution >= 0.6 is 11.3 Å². The molecule has 1 aliphatic rings. The molecule has 0 bridgehead atoms. The lowest BCUT2D eigenvalue weighted by Gasteiger charge is -2.46. The number of carbonyl (C=O) groups is 5. The lowest BCUT2D eigenvalue weighted by Crippen LogP contribution is -2.62. The first-order valence-corrected chi connectivity index (χ1v) is 15.6. The van der Waals surface area contributed by atoms with Crippen molar-refractivity contribution in [2.45, 2.75) is 113 Å². The Morgan fingerprint density at radius 2 is 1.48 bits per heavy atom. The first kappa shape index (κ1) is 37.2. The quantitative estimate of drug-likeness (QED) is 0.233. The van der Waals surface area contributed by atoms with Gasteiger partial charge in [0, 0.05) is 10.4 Å². The summed E-state index contributed by atoms with van der Waals surface area (Å²) in [5, 5.41) is 4.71. The Labute approximate surface area is 265 Å². The lowest BCUT2D eigenvalue weighted by molar-refractivity contribution is -0.242. The van der Waals surface area contributed by atoms with E-state index >= 15 is 0 Å². The Morgan fingerprint density at radius 1 is 0.932 bits per heavy atom. The number of rotatable bonds is 9. The molecular formula is C32H50N2O9S. The average molecular weight is 639 g/mol. The van der Waals surface area contributed by atoms with Gasteiger partial charge in [-0.2, -0.15) is 0 Å². The second-order valence-electron chi connectivity index (χ2n) is 15.3.